The van der Waals surface area contributed by atoms with Gasteiger partial charge in [0.25, 0.3) is 12.4 Å². The van der Waals surface area contributed by atoms with Crippen LogP contribution in [0, 0.1) is 12.1 Å². The molecule has 0 fully saturated rings. The zero-order valence-corrected chi connectivity index (χ0v) is 25.5. The van der Waals surface area contributed by atoms with Crippen molar-refractivity contribution in [3.8, 4) is 16.9 Å². The standard InChI is InChI=1S/C27H18N3.C11H8N.Ir/c1-3-9-21(10-4-1)28-17-18-29(20-28)23-15-16-25-24-13-7-8-14-26(24)30(27(25)19-23)22-11-5-2-6-12-22;1-2-6-10(7-3-1)11-8-4-5-9-12-11;/h1-14,16-19H;1-6,8-9H;/q+1;-1;. The summed E-state index contributed by atoms with van der Waals surface area (Å²) in [6.07, 6.45) is 5.82. The molecular weight excluding hydrogens is 705 g/mol. The van der Waals surface area contributed by atoms with Crippen molar-refractivity contribution in [1.82, 2.24) is 9.55 Å². The van der Waals surface area contributed by atoms with Gasteiger partial charge in [-0.3, -0.25) is 0 Å². The molecule has 0 saturated carbocycles. The number of fused-ring (bicyclic) bond motifs is 3. The van der Waals surface area contributed by atoms with Gasteiger partial charge in [0.05, 0.1) is 0 Å². The number of aromatic nitrogens is 2. The van der Waals surface area contributed by atoms with Crippen LogP contribution in [0.2, 0.25) is 0 Å². The van der Waals surface area contributed by atoms with Crippen LogP contribution in [0.1, 0.15) is 0 Å². The fourth-order valence-electron chi connectivity index (χ4n) is 5.15. The van der Waals surface area contributed by atoms with E-state index in [2.05, 4.69) is 100 Å². The minimum Gasteiger partial charge on any atom is -0.334 e. The van der Waals surface area contributed by atoms with Gasteiger partial charge in [0, 0.05) is 49.6 Å². The summed E-state index contributed by atoms with van der Waals surface area (Å²) < 4.78 is 6.29. The van der Waals surface area contributed by atoms with E-state index in [0.717, 1.165) is 33.8 Å². The third-order valence-corrected chi connectivity index (χ3v) is 7.13. The third kappa shape index (κ3) is 5.79. The molecule has 2 aromatic heterocycles. The second-order valence-corrected chi connectivity index (χ2v) is 9.77. The zero-order chi connectivity index (χ0) is 28.1. The first-order valence-corrected chi connectivity index (χ1v) is 13.8. The molecule has 0 atom stereocenters. The van der Waals surface area contributed by atoms with Gasteiger partial charge >= 0.3 is 6.01 Å². The van der Waals surface area contributed by atoms with E-state index < -0.39 is 0 Å². The summed E-state index contributed by atoms with van der Waals surface area (Å²) in [6.45, 7) is 0. The summed E-state index contributed by atoms with van der Waals surface area (Å²) in [5, 5.41) is 2.43. The molecule has 0 N–H and O–H groups in total. The molecular formula is C38H26IrN4. The molecule has 0 saturated heterocycles. The van der Waals surface area contributed by atoms with Crippen molar-refractivity contribution in [1.29, 1.82) is 0 Å². The molecule has 0 unspecified atom stereocenters. The van der Waals surface area contributed by atoms with Crippen LogP contribution in [0.5, 0.6) is 0 Å². The fourth-order valence-corrected chi connectivity index (χ4v) is 5.15. The summed E-state index contributed by atoms with van der Waals surface area (Å²) in [7, 11) is 0. The van der Waals surface area contributed by atoms with Gasteiger partial charge in [-0.2, -0.15) is 6.07 Å². The Morgan fingerprint density at radius 3 is 2.12 bits per heavy atom. The van der Waals surface area contributed by atoms with Crippen LogP contribution in [-0.2, 0) is 20.1 Å². The van der Waals surface area contributed by atoms with Crippen LogP contribution in [0.4, 0.5) is 11.4 Å². The number of benzene rings is 5. The molecule has 3 heterocycles. The Bertz CT molecular complexity index is 2060. The molecule has 8 rings (SSSR count). The van der Waals surface area contributed by atoms with Crippen LogP contribution in [0.3, 0.4) is 0 Å². The van der Waals surface area contributed by atoms with Crippen LogP contribution < -0.4 is 0 Å². The maximum absolute atomic E-state index is 4.22. The van der Waals surface area contributed by atoms with E-state index in [1.165, 1.54) is 16.3 Å². The van der Waals surface area contributed by atoms with Gasteiger partial charge < -0.3 is 9.55 Å². The molecule has 1 aliphatic heterocycles. The van der Waals surface area contributed by atoms with Gasteiger partial charge in [-0.15, -0.1) is 47.3 Å². The molecule has 0 spiro atoms. The SMILES string of the molecule is C1=[N+](c2[c-]cc3c4ccccc4n(-c4ccccc4)c3c2)C=C[N+]=1c1ccccc1.[Ir].[c-]1ccccc1-c1ccccn1. The first-order chi connectivity index (χ1) is 20.8. The Hall–Kier alpha value is -5.18. The van der Waals surface area contributed by atoms with Crippen molar-refractivity contribution in [3.05, 3.63) is 170 Å². The van der Waals surface area contributed by atoms with Crippen molar-refractivity contribution in [2.24, 2.45) is 0 Å². The first-order valence-electron chi connectivity index (χ1n) is 13.8. The molecule has 0 amide bonds. The van der Waals surface area contributed by atoms with Gasteiger partial charge in [-0.25, -0.2) is 0 Å². The maximum Gasteiger partial charge on any atom is 0.499 e. The van der Waals surface area contributed by atoms with Crippen molar-refractivity contribution < 1.29 is 29.3 Å². The average molecular weight is 731 g/mol. The van der Waals surface area contributed by atoms with E-state index in [1.807, 2.05) is 88.3 Å². The average Bonchev–Trinajstić information content (AvgIpc) is 3.70. The number of hydrogen-bond donors (Lipinski definition) is 0. The van der Waals surface area contributed by atoms with E-state index in [0.29, 0.717) is 0 Å². The number of para-hydroxylation sites is 3. The van der Waals surface area contributed by atoms with E-state index in [9.17, 15) is 0 Å². The monoisotopic (exact) mass is 731 g/mol. The van der Waals surface area contributed by atoms with E-state index in [1.54, 1.807) is 6.20 Å². The molecule has 5 aromatic carbocycles. The number of rotatable bonds is 4. The van der Waals surface area contributed by atoms with Gasteiger partial charge in [-0.05, 0) is 40.9 Å². The number of hydrogen-bond acceptors (Lipinski definition) is 1. The molecule has 207 valence electrons. The smallest absolute Gasteiger partial charge is 0.334 e. The minimum absolute atomic E-state index is 0. The molecule has 1 radical (unpaired) electrons. The van der Waals surface area contributed by atoms with Gasteiger partial charge in [-0.1, -0.05) is 81.9 Å². The molecule has 43 heavy (non-hydrogen) atoms. The zero-order valence-electron chi connectivity index (χ0n) is 23.1. The van der Waals surface area contributed by atoms with Gasteiger partial charge in [0.1, 0.15) is 5.69 Å². The molecule has 4 nitrogen and oxygen atoms in total. The van der Waals surface area contributed by atoms with E-state index in [4.69, 9.17) is 0 Å². The van der Waals surface area contributed by atoms with Crippen molar-refractivity contribution in [3.63, 3.8) is 0 Å². The normalized spacial score (nSPS) is 11.8. The van der Waals surface area contributed by atoms with Crippen molar-refractivity contribution in [2.45, 2.75) is 0 Å². The summed E-state index contributed by atoms with van der Waals surface area (Å²) in [5.41, 5.74) is 7.55. The molecule has 1 aliphatic rings. The quantitative estimate of drug-likeness (QED) is 0.131. The van der Waals surface area contributed by atoms with Crippen molar-refractivity contribution in [2.75, 3.05) is 0 Å². The predicted molar refractivity (Wildman–Crippen MR) is 169 cm³/mol. The van der Waals surface area contributed by atoms with Crippen LogP contribution in [0.15, 0.2) is 158 Å². The largest absolute Gasteiger partial charge is 0.499 e. The topological polar surface area (TPSA) is 23.8 Å². The van der Waals surface area contributed by atoms with Gasteiger partial charge in [0.2, 0.25) is 5.69 Å². The summed E-state index contributed by atoms with van der Waals surface area (Å²) in [5.74, 6) is 0. The van der Waals surface area contributed by atoms with E-state index in [-0.39, 0.29) is 20.1 Å². The molecule has 0 bridgehead atoms. The Morgan fingerprint density at radius 1 is 0.628 bits per heavy atom. The second kappa shape index (κ2) is 12.8. The Morgan fingerprint density at radius 2 is 1.35 bits per heavy atom. The van der Waals surface area contributed by atoms with Crippen LogP contribution >= 0.6 is 0 Å². The Balaban J connectivity index is 0.000000213. The number of pyridine rings is 1. The molecule has 7 aromatic rings. The molecule has 0 aliphatic carbocycles. The van der Waals surface area contributed by atoms with Crippen molar-refractivity contribution >= 4 is 39.2 Å². The maximum atomic E-state index is 4.22. The van der Waals surface area contributed by atoms with Crippen LogP contribution in [0.25, 0.3) is 38.8 Å². The summed E-state index contributed by atoms with van der Waals surface area (Å²) in [4.78, 5) is 4.22. The fraction of sp³-hybridized carbons (Fsp3) is 0. The summed E-state index contributed by atoms with van der Waals surface area (Å²) >= 11 is 0. The minimum atomic E-state index is 0. The predicted octanol–water partition coefficient (Wildman–Crippen LogP) is 8.78. The second-order valence-electron chi connectivity index (χ2n) is 9.77. The molecule has 5 heteroatoms. The number of nitrogens with zero attached hydrogens (tertiary/aromatic N) is 4. The third-order valence-electron chi connectivity index (χ3n) is 7.13. The first kappa shape index (κ1) is 28.0. The Labute approximate surface area is 264 Å². The Kier molecular flexibility index (Phi) is 8.31. The summed E-state index contributed by atoms with van der Waals surface area (Å²) in [6, 6.07) is 57.2. The van der Waals surface area contributed by atoms with Crippen LogP contribution in [-0.4, -0.2) is 24.7 Å². The van der Waals surface area contributed by atoms with Gasteiger partial charge in [0.15, 0.2) is 0 Å². The van der Waals surface area contributed by atoms with E-state index >= 15 is 0 Å².